The van der Waals surface area contributed by atoms with E-state index in [0.29, 0.717) is 11.8 Å². The fourth-order valence-corrected chi connectivity index (χ4v) is 2.39. The van der Waals surface area contributed by atoms with Crippen LogP contribution in [0.3, 0.4) is 0 Å². The van der Waals surface area contributed by atoms with Crippen molar-refractivity contribution in [3.63, 3.8) is 0 Å². The first-order valence-electron chi connectivity index (χ1n) is 7.60. The Bertz CT molecular complexity index is 994. The van der Waals surface area contributed by atoms with E-state index in [1.165, 1.54) is 0 Å². The van der Waals surface area contributed by atoms with Crippen LogP contribution in [0.1, 0.15) is 0 Å². The molecule has 2 aromatic heterocycles. The Labute approximate surface area is 142 Å². The number of pyridine rings is 1. The van der Waals surface area contributed by atoms with E-state index in [1.54, 1.807) is 18.3 Å². The molecule has 0 aliphatic rings. The van der Waals surface area contributed by atoms with Gasteiger partial charge in [0.05, 0.1) is 0 Å². The van der Waals surface area contributed by atoms with Crippen molar-refractivity contribution in [1.82, 2.24) is 9.97 Å². The average Bonchev–Trinajstić information content (AvgIpc) is 3.06. The van der Waals surface area contributed by atoms with Crippen molar-refractivity contribution in [3.8, 4) is 0 Å². The molecule has 2 N–H and O–H groups in total. The van der Waals surface area contributed by atoms with E-state index in [4.69, 9.17) is 4.42 Å². The lowest BCUT2D eigenvalue weighted by Crippen LogP contribution is -1.94. The van der Waals surface area contributed by atoms with Crippen LogP contribution in [-0.4, -0.2) is 9.97 Å². The first-order chi connectivity index (χ1) is 12.3. The summed E-state index contributed by atoms with van der Waals surface area (Å²) in [7, 11) is 0. The molecule has 0 radical (unpaired) electrons. The normalized spacial score (nSPS) is 10.6. The fraction of sp³-hybridized carbons (Fsp3) is 0. The van der Waals surface area contributed by atoms with Crippen LogP contribution in [0.2, 0.25) is 0 Å². The topological polar surface area (TPSA) is 92.4 Å². The SMILES string of the molecule is O=Nc1cccnc1Nc1ccc(Nc2nc3ccccc3o2)cc1. The lowest BCUT2D eigenvalue weighted by molar-refractivity contribution is 0.623. The maximum absolute atomic E-state index is 10.8. The standard InChI is InChI=1S/C18H13N5O2/c24-23-15-5-3-11-19-17(15)20-12-7-9-13(10-8-12)21-18-22-14-4-1-2-6-16(14)25-18/h1-11H,(H,19,20)(H,21,22). The summed E-state index contributed by atoms with van der Waals surface area (Å²) in [5.74, 6) is 0.414. The largest absolute Gasteiger partial charge is 0.423 e. The van der Waals surface area contributed by atoms with E-state index >= 15 is 0 Å². The predicted molar refractivity (Wildman–Crippen MR) is 96.7 cm³/mol. The monoisotopic (exact) mass is 331 g/mol. The van der Waals surface area contributed by atoms with Gasteiger partial charge in [0, 0.05) is 17.6 Å². The third-order valence-corrected chi connectivity index (χ3v) is 3.58. The van der Waals surface area contributed by atoms with Crippen LogP contribution in [0.4, 0.5) is 28.9 Å². The predicted octanol–water partition coefficient (Wildman–Crippen LogP) is 5.11. The van der Waals surface area contributed by atoms with Crippen molar-refractivity contribution < 1.29 is 4.42 Å². The Morgan fingerprint density at radius 1 is 0.880 bits per heavy atom. The molecule has 0 aliphatic heterocycles. The van der Waals surface area contributed by atoms with Crippen molar-refractivity contribution in [1.29, 1.82) is 0 Å². The minimum atomic E-state index is 0.260. The minimum absolute atomic E-state index is 0.260. The number of anilines is 4. The van der Waals surface area contributed by atoms with Crippen molar-refractivity contribution in [2.24, 2.45) is 5.18 Å². The summed E-state index contributed by atoms with van der Waals surface area (Å²) in [4.78, 5) is 19.3. The van der Waals surface area contributed by atoms with Gasteiger partial charge in [-0.05, 0) is 53.7 Å². The lowest BCUT2D eigenvalue weighted by Gasteiger charge is -2.08. The summed E-state index contributed by atoms with van der Waals surface area (Å²) < 4.78 is 5.63. The van der Waals surface area contributed by atoms with E-state index in [1.807, 2.05) is 48.5 Å². The number of nitrogens with zero attached hydrogens (tertiary/aromatic N) is 3. The molecule has 0 bridgehead atoms. The second kappa shape index (κ2) is 6.40. The third kappa shape index (κ3) is 3.16. The van der Waals surface area contributed by atoms with E-state index < -0.39 is 0 Å². The number of hydrogen-bond donors (Lipinski definition) is 2. The van der Waals surface area contributed by atoms with Gasteiger partial charge in [-0.3, -0.25) is 0 Å². The van der Waals surface area contributed by atoms with Crippen molar-refractivity contribution in [2.45, 2.75) is 0 Å². The van der Waals surface area contributed by atoms with E-state index in [9.17, 15) is 4.91 Å². The number of para-hydroxylation sites is 2. The third-order valence-electron chi connectivity index (χ3n) is 3.58. The Kier molecular flexibility index (Phi) is 3.80. The number of nitroso groups, excluding NO2 is 1. The quantitative estimate of drug-likeness (QED) is 0.494. The van der Waals surface area contributed by atoms with Crippen molar-refractivity contribution in [2.75, 3.05) is 10.6 Å². The van der Waals surface area contributed by atoms with Crippen molar-refractivity contribution >= 4 is 40.0 Å². The molecule has 0 fully saturated rings. The highest BCUT2D eigenvalue weighted by atomic mass is 16.4. The highest BCUT2D eigenvalue weighted by Crippen LogP contribution is 2.27. The molecule has 0 unspecified atom stereocenters. The molecule has 25 heavy (non-hydrogen) atoms. The Hall–Kier alpha value is -3.74. The van der Waals surface area contributed by atoms with Crippen LogP contribution in [0.15, 0.2) is 76.5 Å². The smallest absolute Gasteiger partial charge is 0.300 e. The summed E-state index contributed by atoms with van der Waals surface area (Å²) >= 11 is 0. The summed E-state index contributed by atoms with van der Waals surface area (Å²) in [5.41, 5.74) is 3.40. The number of fused-ring (bicyclic) bond motifs is 1. The van der Waals surface area contributed by atoms with Crippen LogP contribution in [0.5, 0.6) is 0 Å². The summed E-state index contributed by atoms with van der Waals surface area (Å²) in [6.07, 6.45) is 1.60. The number of aromatic nitrogens is 2. The van der Waals surface area contributed by atoms with Gasteiger partial charge in [-0.25, -0.2) is 4.98 Å². The van der Waals surface area contributed by atoms with E-state index in [-0.39, 0.29) is 5.69 Å². The number of rotatable bonds is 5. The van der Waals surface area contributed by atoms with Crippen LogP contribution < -0.4 is 10.6 Å². The summed E-state index contributed by atoms with van der Waals surface area (Å²) in [5, 5.41) is 9.13. The molecule has 0 amide bonds. The molecule has 122 valence electrons. The molecule has 4 rings (SSSR count). The maximum atomic E-state index is 10.8. The van der Waals surface area contributed by atoms with Crippen LogP contribution >= 0.6 is 0 Å². The van der Waals surface area contributed by atoms with Gasteiger partial charge in [-0.1, -0.05) is 12.1 Å². The van der Waals surface area contributed by atoms with Crippen LogP contribution in [-0.2, 0) is 0 Å². The molecule has 0 aliphatic carbocycles. The van der Waals surface area contributed by atoms with Crippen molar-refractivity contribution in [3.05, 3.63) is 71.8 Å². The van der Waals surface area contributed by atoms with Gasteiger partial charge in [-0.2, -0.15) is 4.98 Å². The van der Waals surface area contributed by atoms with Gasteiger partial charge >= 0.3 is 0 Å². The molecular weight excluding hydrogens is 318 g/mol. The van der Waals surface area contributed by atoms with Gasteiger partial charge in [-0.15, -0.1) is 4.91 Å². The molecule has 2 heterocycles. The number of benzene rings is 2. The second-order valence-electron chi connectivity index (χ2n) is 5.28. The maximum Gasteiger partial charge on any atom is 0.300 e. The molecular formula is C18H13N5O2. The first kappa shape index (κ1) is 14.8. The number of hydrogen-bond acceptors (Lipinski definition) is 7. The van der Waals surface area contributed by atoms with Gasteiger partial charge < -0.3 is 15.1 Å². The highest BCUT2D eigenvalue weighted by Gasteiger charge is 2.06. The molecule has 7 nitrogen and oxygen atoms in total. The van der Waals surface area contributed by atoms with Gasteiger partial charge in [0.1, 0.15) is 5.52 Å². The second-order valence-corrected chi connectivity index (χ2v) is 5.28. The average molecular weight is 331 g/mol. The molecule has 0 spiro atoms. The number of nitrogens with one attached hydrogen (secondary N) is 2. The molecule has 0 saturated carbocycles. The molecule has 0 atom stereocenters. The van der Waals surface area contributed by atoms with Gasteiger partial charge in [0.25, 0.3) is 6.01 Å². The molecule has 4 aromatic rings. The molecule has 2 aromatic carbocycles. The van der Waals surface area contributed by atoms with Crippen LogP contribution in [0, 0.1) is 4.91 Å². The van der Waals surface area contributed by atoms with E-state index in [0.717, 1.165) is 22.5 Å². The van der Waals surface area contributed by atoms with Gasteiger partial charge in [0.2, 0.25) is 0 Å². The molecule has 0 saturated heterocycles. The number of oxazole rings is 1. The lowest BCUT2D eigenvalue weighted by atomic mass is 10.2. The minimum Gasteiger partial charge on any atom is -0.423 e. The van der Waals surface area contributed by atoms with E-state index in [2.05, 4.69) is 25.8 Å². The van der Waals surface area contributed by atoms with Crippen LogP contribution in [0.25, 0.3) is 11.1 Å². The Morgan fingerprint density at radius 2 is 1.64 bits per heavy atom. The molecule has 7 heteroatoms. The van der Waals surface area contributed by atoms with Gasteiger partial charge in [0.15, 0.2) is 17.1 Å². The summed E-state index contributed by atoms with van der Waals surface area (Å²) in [6, 6.07) is 18.7. The fourth-order valence-electron chi connectivity index (χ4n) is 2.39. The highest BCUT2D eigenvalue weighted by molar-refractivity contribution is 5.75. The zero-order chi connectivity index (χ0) is 17.1. The Morgan fingerprint density at radius 3 is 2.40 bits per heavy atom. The summed E-state index contributed by atoms with van der Waals surface area (Å²) in [6.45, 7) is 0. The zero-order valence-corrected chi connectivity index (χ0v) is 13.0. The zero-order valence-electron chi connectivity index (χ0n) is 13.0. The first-order valence-corrected chi connectivity index (χ1v) is 7.60. The Balaban J connectivity index is 1.50.